The molecule has 0 fully saturated rings. The van der Waals surface area contributed by atoms with E-state index in [9.17, 15) is 39.5 Å². The van der Waals surface area contributed by atoms with E-state index in [4.69, 9.17) is 0 Å². The van der Waals surface area contributed by atoms with Crippen molar-refractivity contribution < 1.29 is 39.5 Å². The summed E-state index contributed by atoms with van der Waals surface area (Å²) in [4.78, 5) is 0. The van der Waals surface area contributed by atoms with Gasteiger partial charge in [0.2, 0.25) is 0 Å². The standard InChI is InChI=1S/C2ClF5.C2H2F4/c3-1(4,5)2(6,7)8;3-1(4)2(5)6/h;1-2H. The smallest absolute Gasteiger partial charge is 0.204 e. The minimum atomic E-state index is -5.63. The summed E-state index contributed by atoms with van der Waals surface area (Å²) >= 11 is 3.55. The second-order valence-electron chi connectivity index (χ2n) is 1.66. The molecule has 0 aliphatic rings. The average molecular weight is 256 g/mol. The van der Waals surface area contributed by atoms with Crippen LogP contribution in [-0.4, -0.2) is 24.4 Å². The van der Waals surface area contributed by atoms with Crippen LogP contribution in [0.25, 0.3) is 0 Å². The van der Waals surface area contributed by atoms with Gasteiger partial charge < -0.3 is 0 Å². The first-order valence-corrected chi connectivity index (χ1v) is 2.97. The summed E-state index contributed by atoms with van der Waals surface area (Å²) in [6.45, 7) is 0. The molecule has 0 rings (SSSR count). The van der Waals surface area contributed by atoms with Gasteiger partial charge in [0, 0.05) is 0 Å². The van der Waals surface area contributed by atoms with E-state index in [0.717, 1.165) is 0 Å². The Labute approximate surface area is 76.6 Å². The van der Waals surface area contributed by atoms with Gasteiger partial charge in [0.25, 0.3) is 12.9 Å². The van der Waals surface area contributed by atoms with Crippen molar-refractivity contribution in [1.29, 1.82) is 0 Å². The van der Waals surface area contributed by atoms with Crippen molar-refractivity contribution in [3.63, 3.8) is 0 Å². The molecule has 0 amide bonds. The fraction of sp³-hybridized carbons (Fsp3) is 1.00. The van der Waals surface area contributed by atoms with Gasteiger partial charge in [-0.15, -0.1) is 0 Å². The van der Waals surface area contributed by atoms with Crippen LogP contribution in [0, 0.1) is 0 Å². The third-order valence-corrected chi connectivity index (χ3v) is 0.726. The molecule has 0 aromatic rings. The summed E-state index contributed by atoms with van der Waals surface area (Å²) in [5.74, 6) is 0. The van der Waals surface area contributed by atoms with Crippen molar-refractivity contribution in [3.8, 4) is 0 Å². The Morgan fingerprint density at radius 1 is 0.714 bits per heavy atom. The predicted octanol–water partition coefficient (Wildman–Crippen LogP) is 3.90. The second kappa shape index (κ2) is 5.52. The van der Waals surface area contributed by atoms with Crippen molar-refractivity contribution >= 4 is 11.6 Å². The molecule has 0 atom stereocenters. The van der Waals surface area contributed by atoms with E-state index in [-0.39, 0.29) is 0 Å². The van der Waals surface area contributed by atoms with E-state index in [1.165, 1.54) is 0 Å². The van der Waals surface area contributed by atoms with Crippen molar-refractivity contribution in [3.05, 3.63) is 0 Å². The molecule has 88 valence electrons. The van der Waals surface area contributed by atoms with Crippen LogP contribution in [0.3, 0.4) is 0 Å². The van der Waals surface area contributed by atoms with E-state index < -0.39 is 24.4 Å². The van der Waals surface area contributed by atoms with Gasteiger partial charge in [0.05, 0.1) is 0 Å². The van der Waals surface area contributed by atoms with Crippen LogP contribution in [0.1, 0.15) is 0 Å². The molecule has 10 heteroatoms. The Bertz CT molecular complexity index is 126. The largest absolute Gasteiger partial charge is 0.469 e. The fourth-order valence-corrected chi connectivity index (χ4v) is 0. The van der Waals surface area contributed by atoms with Crippen LogP contribution >= 0.6 is 11.6 Å². The molecule has 14 heavy (non-hydrogen) atoms. The highest BCUT2D eigenvalue weighted by atomic mass is 35.5. The van der Waals surface area contributed by atoms with E-state index in [1.54, 1.807) is 0 Å². The third-order valence-electron chi connectivity index (χ3n) is 0.512. The lowest BCUT2D eigenvalue weighted by atomic mass is 10.7. The normalized spacial score (nSPS) is 12.9. The first-order chi connectivity index (χ1) is 5.89. The van der Waals surface area contributed by atoms with E-state index >= 15 is 0 Å². The molecule has 0 saturated carbocycles. The molecule has 0 spiro atoms. The number of rotatable bonds is 1. The van der Waals surface area contributed by atoms with Crippen LogP contribution in [0.4, 0.5) is 39.5 Å². The van der Waals surface area contributed by atoms with E-state index in [2.05, 4.69) is 11.6 Å². The fourth-order valence-electron chi connectivity index (χ4n) is 0. The van der Waals surface area contributed by atoms with Crippen LogP contribution in [-0.2, 0) is 0 Å². The summed E-state index contributed by atoms with van der Waals surface area (Å²) in [5, 5.41) is -5.09. The molecule has 0 aromatic carbocycles. The first kappa shape index (κ1) is 16.1. The quantitative estimate of drug-likeness (QED) is 0.493. The van der Waals surface area contributed by atoms with Gasteiger partial charge in [-0.25, -0.2) is 17.6 Å². The maximum Gasteiger partial charge on any atom is 0.469 e. The Morgan fingerprint density at radius 2 is 0.857 bits per heavy atom. The zero-order chi connectivity index (χ0) is 12.2. The van der Waals surface area contributed by atoms with Gasteiger partial charge in [0.15, 0.2) is 0 Å². The third kappa shape index (κ3) is 8.27. The van der Waals surface area contributed by atoms with Crippen molar-refractivity contribution in [2.45, 2.75) is 24.4 Å². The SMILES string of the molecule is FC(F)(F)C(F)(F)Cl.FC(F)C(F)F. The molecule has 0 heterocycles. The zero-order valence-electron chi connectivity index (χ0n) is 5.93. The molecule has 0 saturated heterocycles. The maximum atomic E-state index is 10.9. The van der Waals surface area contributed by atoms with Gasteiger partial charge >= 0.3 is 11.6 Å². The predicted molar refractivity (Wildman–Crippen MR) is 28.9 cm³/mol. The van der Waals surface area contributed by atoms with Crippen LogP contribution in [0.5, 0.6) is 0 Å². The van der Waals surface area contributed by atoms with Crippen molar-refractivity contribution in [2.24, 2.45) is 0 Å². The van der Waals surface area contributed by atoms with Gasteiger partial charge in [-0.1, -0.05) is 0 Å². The number of hydrogen-bond acceptors (Lipinski definition) is 0. The lowest BCUT2D eigenvalue weighted by molar-refractivity contribution is -0.241. The number of hydrogen-bond donors (Lipinski definition) is 0. The minimum Gasteiger partial charge on any atom is -0.204 e. The van der Waals surface area contributed by atoms with E-state index in [0.29, 0.717) is 0 Å². The summed E-state index contributed by atoms with van der Waals surface area (Å²) in [6.07, 6.45) is -12.6. The minimum absolute atomic E-state index is 3.48. The van der Waals surface area contributed by atoms with Gasteiger partial charge in [-0.3, -0.25) is 0 Å². The van der Waals surface area contributed by atoms with E-state index in [1.807, 2.05) is 0 Å². The monoisotopic (exact) mass is 256 g/mol. The van der Waals surface area contributed by atoms with Crippen LogP contribution in [0.15, 0.2) is 0 Å². The molecule has 0 aliphatic carbocycles. The van der Waals surface area contributed by atoms with Gasteiger partial charge in [-0.2, -0.15) is 22.0 Å². The summed E-state index contributed by atoms with van der Waals surface area (Å²) in [6, 6.07) is 0. The zero-order valence-corrected chi connectivity index (χ0v) is 6.69. The highest BCUT2D eigenvalue weighted by molar-refractivity contribution is 6.22. The molecule has 0 aromatic heterocycles. The molecule has 0 radical (unpaired) electrons. The Balaban J connectivity index is 0. The topological polar surface area (TPSA) is 0 Å². The van der Waals surface area contributed by atoms with Crippen LogP contribution in [0.2, 0.25) is 0 Å². The molecule has 0 aliphatic heterocycles. The first-order valence-electron chi connectivity index (χ1n) is 2.59. The maximum absolute atomic E-state index is 10.9. The molecule has 0 nitrogen and oxygen atoms in total. The highest BCUT2D eigenvalue weighted by Gasteiger charge is 2.56. The van der Waals surface area contributed by atoms with Gasteiger partial charge in [-0.05, 0) is 11.6 Å². The summed E-state index contributed by atoms with van der Waals surface area (Å²) in [7, 11) is 0. The molecule has 0 N–H and O–H groups in total. The highest BCUT2D eigenvalue weighted by Crippen LogP contribution is 2.38. The second-order valence-corrected chi connectivity index (χ2v) is 2.14. The lowest BCUT2D eigenvalue weighted by Crippen LogP contribution is -2.29. The molecular formula is C4H2ClF9. The Kier molecular flexibility index (Phi) is 6.35. The summed E-state index contributed by atoms with van der Waals surface area (Å²) < 4.78 is 95.4. The molecular weight excluding hydrogens is 254 g/mol. The average Bonchev–Trinajstić information content (AvgIpc) is 1.83. The van der Waals surface area contributed by atoms with Crippen LogP contribution < -0.4 is 0 Å². The van der Waals surface area contributed by atoms with Crippen molar-refractivity contribution in [2.75, 3.05) is 0 Å². The Morgan fingerprint density at radius 3 is 0.857 bits per heavy atom. The van der Waals surface area contributed by atoms with Gasteiger partial charge in [0.1, 0.15) is 0 Å². The molecule has 0 bridgehead atoms. The van der Waals surface area contributed by atoms with Crippen molar-refractivity contribution in [1.82, 2.24) is 0 Å². The summed E-state index contributed by atoms with van der Waals surface area (Å²) in [5.41, 5.74) is 0. The molecule has 0 unspecified atom stereocenters. The lowest BCUT2D eigenvalue weighted by Gasteiger charge is -2.10. The number of halogens is 10. The Hall–Kier alpha value is -0.340. The number of alkyl halides is 10.